The van der Waals surface area contributed by atoms with Crippen LogP contribution in [0, 0.1) is 0 Å². The second kappa shape index (κ2) is 10.9. The number of aromatic hydroxyl groups is 1. The summed E-state index contributed by atoms with van der Waals surface area (Å²) in [4.78, 5) is 14.5. The van der Waals surface area contributed by atoms with Gasteiger partial charge >= 0.3 is 6.09 Å². The zero-order valence-corrected chi connectivity index (χ0v) is 20.0. The molecule has 0 saturated carbocycles. The van der Waals surface area contributed by atoms with E-state index in [1.165, 1.54) is 25.7 Å². The van der Waals surface area contributed by atoms with Gasteiger partial charge in [-0.15, -0.1) is 0 Å². The fourth-order valence-electron chi connectivity index (χ4n) is 3.50. The Hall–Kier alpha value is -1.71. The Labute approximate surface area is 178 Å². The van der Waals surface area contributed by atoms with E-state index in [2.05, 4.69) is 48.5 Å². The Kier molecular flexibility index (Phi) is 9.51. The Morgan fingerprint density at radius 1 is 0.897 bits per heavy atom. The number of benzene rings is 1. The maximum atomic E-state index is 12.8. The molecule has 1 N–H and O–H groups in total. The van der Waals surface area contributed by atoms with E-state index in [0.29, 0.717) is 18.9 Å². The van der Waals surface area contributed by atoms with E-state index in [0.717, 1.165) is 29.7 Å². The number of hydrogen-bond donors (Lipinski definition) is 1. The van der Waals surface area contributed by atoms with Crippen LogP contribution in [-0.4, -0.2) is 24.4 Å². The number of carbonyl (C=O) groups is 1. The van der Waals surface area contributed by atoms with Crippen LogP contribution in [0.25, 0.3) is 0 Å². The van der Waals surface area contributed by atoms with Gasteiger partial charge in [0.2, 0.25) is 0 Å². The lowest BCUT2D eigenvalue weighted by Crippen LogP contribution is -2.33. The van der Waals surface area contributed by atoms with Crippen molar-refractivity contribution in [3.05, 3.63) is 23.3 Å². The van der Waals surface area contributed by atoms with Crippen LogP contribution in [-0.2, 0) is 15.6 Å². The summed E-state index contributed by atoms with van der Waals surface area (Å²) in [6.07, 6.45) is 6.67. The van der Waals surface area contributed by atoms with Crippen LogP contribution in [0.15, 0.2) is 12.1 Å². The second-order valence-electron chi connectivity index (χ2n) is 10.0. The molecular formula is C25H43NO3. The van der Waals surface area contributed by atoms with Crippen molar-refractivity contribution in [3.8, 4) is 5.75 Å². The van der Waals surface area contributed by atoms with Crippen molar-refractivity contribution in [2.24, 2.45) is 0 Å². The normalized spacial score (nSPS) is 12.1. The molecular weight excluding hydrogens is 362 g/mol. The summed E-state index contributed by atoms with van der Waals surface area (Å²) in [5.41, 5.74) is 2.06. The van der Waals surface area contributed by atoms with E-state index in [1.807, 2.05) is 19.1 Å². The number of ether oxygens (including phenoxy) is 1. The van der Waals surface area contributed by atoms with Gasteiger partial charge in [-0.1, -0.05) is 80.6 Å². The average molecular weight is 406 g/mol. The standard InChI is InChI=1S/C25H43NO3/c1-9-11-12-13-14-15-16-26(23(28)29-10-2)19-17-20(24(3,4)5)22(27)21(18-19)25(6,7)8/h17-18,27H,9-16H2,1-8H3. The molecule has 0 bridgehead atoms. The monoisotopic (exact) mass is 405 g/mol. The summed E-state index contributed by atoms with van der Waals surface area (Å²) in [7, 11) is 0. The number of phenols is 1. The van der Waals surface area contributed by atoms with Gasteiger partial charge in [0.1, 0.15) is 5.75 Å². The molecule has 0 fully saturated rings. The molecule has 0 aliphatic rings. The summed E-state index contributed by atoms with van der Waals surface area (Å²) in [6.45, 7) is 17.5. The molecule has 29 heavy (non-hydrogen) atoms. The Morgan fingerprint density at radius 2 is 1.38 bits per heavy atom. The highest BCUT2D eigenvalue weighted by Crippen LogP contribution is 2.42. The number of nitrogens with zero attached hydrogens (tertiary/aromatic N) is 1. The molecule has 0 saturated heterocycles. The van der Waals surface area contributed by atoms with Crippen LogP contribution >= 0.6 is 0 Å². The Bertz CT molecular complexity index is 618. The van der Waals surface area contributed by atoms with E-state index >= 15 is 0 Å². The maximum absolute atomic E-state index is 12.8. The van der Waals surface area contributed by atoms with Gasteiger partial charge < -0.3 is 9.84 Å². The molecule has 0 radical (unpaired) electrons. The van der Waals surface area contributed by atoms with Crippen LogP contribution in [0.1, 0.15) is 105 Å². The number of unbranched alkanes of at least 4 members (excludes halogenated alkanes) is 5. The first kappa shape index (κ1) is 25.3. The number of carbonyl (C=O) groups excluding carboxylic acids is 1. The van der Waals surface area contributed by atoms with Gasteiger partial charge in [-0.3, -0.25) is 4.90 Å². The molecule has 4 heteroatoms. The fraction of sp³-hybridized carbons (Fsp3) is 0.720. The van der Waals surface area contributed by atoms with E-state index in [1.54, 1.807) is 4.90 Å². The summed E-state index contributed by atoms with van der Waals surface area (Å²) < 4.78 is 5.36. The minimum absolute atomic E-state index is 0.236. The molecule has 0 spiro atoms. The topological polar surface area (TPSA) is 49.8 Å². The highest BCUT2D eigenvalue weighted by molar-refractivity contribution is 5.88. The zero-order chi connectivity index (χ0) is 22.2. The van der Waals surface area contributed by atoms with E-state index < -0.39 is 0 Å². The first-order chi connectivity index (χ1) is 13.4. The van der Waals surface area contributed by atoms with Crippen molar-refractivity contribution in [2.45, 2.75) is 105 Å². The van der Waals surface area contributed by atoms with Gasteiger partial charge in [-0.05, 0) is 36.3 Å². The third-order valence-corrected chi connectivity index (χ3v) is 5.25. The quantitative estimate of drug-likeness (QED) is 0.438. The largest absolute Gasteiger partial charge is 0.507 e. The summed E-state index contributed by atoms with van der Waals surface area (Å²) >= 11 is 0. The summed E-state index contributed by atoms with van der Waals surface area (Å²) in [5.74, 6) is 0.331. The molecule has 0 heterocycles. The molecule has 1 rings (SSSR count). The highest BCUT2D eigenvalue weighted by Gasteiger charge is 2.29. The molecule has 4 nitrogen and oxygen atoms in total. The Balaban J connectivity index is 3.27. The maximum Gasteiger partial charge on any atom is 0.414 e. The molecule has 1 amide bonds. The van der Waals surface area contributed by atoms with Gasteiger partial charge in [0.15, 0.2) is 0 Å². The van der Waals surface area contributed by atoms with Gasteiger partial charge in [0.05, 0.1) is 6.61 Å². The first-order valence-electron chi connectivity index (χ1n) is 11.3. The molecule has 0 atom stereocenters. The number of rotatable bonds is 9. The first-order valence-corrected chi connectivity index (χ1v) is 11.3. The molecule has 1 aromatic rings. The Morgan fingerprint density at radius 3 is 1.83 bits per heavy atom. The van der Waals surface area contributed by atoms with Gasteiger partial charge in [-0.25, -0.2) is 4.79 Å². The predicted octanol–water partition coefficient (Wildman–Crippen LogP) is 7.31. The fourth-order valence-corrected chi connectivity index (χ4v) is 3.50. The second-order valence-corrected chi connectivity index (χ2v) is 10.0. The third kappa shape index (κ3) is 7.56. The van der Waals surface area contributed by atoms with Crippen molar-refractivity contribution < 1.29 is 14.6 Å². The van der Waals surface area contributed by atoms with E-state index in [-0.39, 0.29) is 16.9 Å². The van der Waals surface area contributed by atoms with Crippen LogP contribution in [0.4, 0.5) is 10.5 Å². The third-order valence-electron chi connectivity index (χ3n) is 5.25. The lowest BCUT2D eigenvalue weighted by molar-refractivity contribution is 0.159. The number of phenolic OH excluding ortho intramolecular Hbond substituents is 1. The number of hydrogen-bond acceptors (Lipinski definition) is 3. The number of amides is 1. The van der Waals surface area contributed by atoms with Crippen molar-refractivity contribution >= 4 is 11.8 Å². The van der Waals surface area contributed by atoms with E-state index in [4.69, 9.17) is 4.74 Å². The van der Waals surface area contributed by atoms with E-state index in [9.17, 15) is 9.90 Å². The smallest absolute Gasteiger partial charge is 0.414 e. The molecule has 0 unspecified atom stereocenters. The zero-order valence-electron chi connectivity index (χ0n) is 20.0. The SMILES string of the molecule is CCCCCCCCN(C(=O)OCC)c1cc(C(C)(C)C)c(O)c(C(C)(C)C)c1. The molecule has 1 aromatic carbocycles. The van der Waals surface area contributed by atoms with Gasteiger partial charge in [0, 0.05) is 23.4 Å². The lowest BCUT2D eigenvalue weighted by Gasteiger charge is -2.31. The molecule has 166 valence electrons. The molecule has 0 aromatic heterocycles. The van der Waals surface area contributed by atoms with Crippen LogP contribution in [0.5, 0.6) is 5.75 Å². The minimum Gasteiger partial charge on any atom is -0.507 e. The minimum atomic E-state index is -0.313. The highest BCUT2D eigenvalue weighted by atomic mass is 16.6. The summed E-state index contributed by atoms with van der Waals surface area (Å²) in [5, 5.41) is 11.0. The molecule has 0 aliphatic heterocycles. The van der Waals surface area contributed by atoms with Gasteiger partial charge in [-0.2, -0.15) is 0 Å². The summed E-state index contributed by atoms with van der Waals surface area (Å²) in [6, 6.07) is 3.91. The van der Waals surface area contributed by atoms with Gasteiger partial charge in [0.25, 0.3) is 0 Å². The van der Waals surface area contributed by atoms with Crippen molar-refractivity contribution in [1.82, 2.24) is 0 Å². The lowest BCUT2D eigenvalue weighted by atomic mass is 9.79. The van der Waals surface area contributed by atoms with Crippen LogP contribution in [0.3, 0.4) is 0 Å². The van der Waals surface area contributed by atoms with Crippen LogP contribution in [0.2, 0.25) is 0 Å². The van der Waals surface area contributed by atoms with Crippen LogP contribution < -0.4 is 4.90 Å². The predicted molar refractivity (Wildman–Crippen MR) is 123 cm³/mol. The van der Waals surface area contributed by atoms with Crippen molar-refractivity contribution in [3.63, 3.8) is 0 Å². The molecule has 0 aliphatic carbocycles. The van der Waals surface area contributed by atoms with Crippen molar-refractivity contribution in [1.29, 1.82) is 0 Å². The average Bonchev–Trinajstić information content (AvgIpc) is 2.60. The number of anilines is 1. The van der Waals surface area contributed by atoms with Crippen molar-refractivity contribution in [2.75, 3.05) is 18.1 Å².